The van der Waals surface area contributed by atoms with Gasteiger partial charge in [-0.2, -0.15) is 0 Å². The van der Waals surface area contributed by atoms with E-state index in [2.05, 4.69) is 17.1 Å². The fourth-order valence-electron chi connectivity index (χ4n) is 1.89. The molecule has 0 saturated carbocycles. The van der Waals surface area contributed by atoms with E-state index in [1.807, 2.05) is 24.3 Å². The molecule has 0 aromatic rings. The number of hydrogen-bond acceptors (Lipinski definition) is 2. The van der Waals surface area contributed by atoms with Gasteiger partial charge in [-0.05, 0) is 18.6 Å². The van der Waals surface area contributed by atoms with Gasteiger partial charge in [0.05, 0.1) is 5.71 Å². The molecule has 14 heavy (non-hydrogen) atoms. The van der Waals surface area contributed by atoms with Crippen molar-refractivity contribution in [3.8, 4) is 0 Å². The van der Waals surface area contributed by atoms with Crippen molar-refractivity contribution in [2.45, 2.75) is 19.1 Å². The van der Waals surface area contributed by atoms with Crippen LogP contribution < -0.4 is 0 Å². The minimum absolute atomic E-state index is 0.106. The number of nitrogens with zero attached hydrogens (tertiary/aromatic N) is 1. The SMILES string of the molecule is C1=CC2=NC(C=C1)OC1=C2C=CCC1. The maximum Gasteiger partial charge on any atom is 0.209 e. The van der Waals surface area contributed by atoms with Crippen molar-refractivity contribution < 1.29 is 4.74 Å². The summed E-state index contributed by atoms with van der Waals surface area (Å²) in [6.45, 7) is 0. The Morgan fingerprint density at radius 1 is 1.29 bits per heavy atom. The second-order valence-corrected chi connectivity index (χ2v) is 3.54. The van der Waals surface area contributed by atoms with Crippen LogP contribution in [0.4, 0.5) is 0 Å². The van der Waals surface area contributed by atoms with E-state index in [1.54, 1.807) is 0 Å². The highest BCUT2D eigenvalue weighted by Crippen LogP contribution is 2.28. The summed E-state index contributed by atoms with van der Waals surface area (Å²) in [4.78, 5) is 4.48. The zero-order chi connectivity index (χ0) is 9.38. The normalized spacial score (nSPS) is 28.0. The van der Waals surface area contributed by atoms with Crippen LogP contribution >= 0.6 is 0 Å². The molecule has 3 aliphatic rings. The Morgan fingerprint density at radius 2 is 2.29 bits per heavy atom. The van der Waals surface area contributed by atoms with Gasteiger partial charge in [-0.25, -0.2) is 4.99 Å². The Balaban J connectivity index is 2.08. The molecule has 2 heteroatoms. The smallest absolute Gasteiger partial charge is 0.209 e. The van der Waals surface area contributed by atoms with Crippen LogP contribution in [0.3, 0.4) is 0 Å². The van der Waals surface area contributed by atoms with Gasteiger partial charge in [-0.3, -0.25) is 0 Å². The second-order valence-electron chi connectivity index (χ2n) is 3.54. The molecule has 0 aromatic heterocycles. The number of fused-ring (bicyclic) bond motifs is 2. The lowest BCUT2D eigenvalue weighted by Crippen LogP contribution is -2.19. The van der Waals surface area contributed by atoms with E-state index in [9.17, 15) is 0 Å². The molecule has 0 radical (unpaired) electrons. The van der Waals surface area contributed by atoms with Crippen LogP contribution in [0.25, 0.3) is 0 Å². The predicted octanol–water partition coefficient (Wildman–Crippen LogP) is 2.51. The highest BCUT2D eigenvalue weighted by molar-refractivity contribution is 6.11. The third-order valence-corrected chi connectivity index (χ3v) is 2.57. The number of hydrogen-bond donors (Lipinski definition) is 0. The molecule has 2 bridgehead atoms. The minimum atomic E-state index is -0.106. The van der Waals surface area contributed by atoms with Crippen LogP contribution in [-0.2, 0) is 4.74 Å². The van der Waals surface area contributed by atoms with E-state index in [0.29, 0.717) is 0 Å². The Hall–Kier alpha value is -1.57. The summed E-state index contributed by atoms with van der Waals surface area (Å²) in [6, 6.07) is 0. The van der Waals surface area contributed by atoms with Crippen molar-refractivity contribution in [1.82, 2.24) is 0 Å². The van der Waals surface area contributed by atoms with Crippen LogP contribution in [-0.4, -0.2) is 11.9 Å². The Labute approximate surface area is 83.0 Å². The lowest BCUT2D eigenvalue weighted by atomic mass is 9.99. The Morgan fingerprint density at radius 3 is 3.29 bits per heavy atom. The number of allylic oxidation sites excluding steroid dienone is 7. The van der Waals surface area contributed by atoms with Crippen LogP contribution in [0.15, 0.2) is 52.8 Å². The third kappa shape index (κ3) is 1.15. The molecule has 2 heterocycles. The maximum absolute atomic E-state index is 5.76. The Kier molecular flexibility index (Phi) is 1.66. The van der Waals surface area contributed by atoms with Crippen LogP contribution in [0.2, 0.25) is 0 Å². The average Bonchev–Trinajstić information content (AvgIpc) is 2.41. The fraction of sp³-hybridized carbons (Fsp3) is 0.250. The molecule has 0 spiro atoms. The number of rotatable bonds is 0. The largest absolute Gasteiger partial charge is 0.469 e. The predicted molar refractivity (Wildman–Crippen MR) is 56.0 cm³/mol. The van der Waals surface area contributed by atoms with Crippen molar-refractivity contribution in [3.63, 3.8) is 0 Å². The van der Waals surface area contributed by atoms with Crippen LogP contribution in [0, 0.1) is 0 Å². The molecule has 1 aliphatic carbocycles. The molecule has 0 fully saturated rings. The molecule has 1 unspecified atom stereocenters. The number of aliphatic imine (C=N–C) groups is 1. The first-order chi connectivity index (χ1) is 6.93. The third-order valence-electron chi connectivity index (χ3n) is 2.57. The van der Waals surface area contributed by atoms with Gasteiger partial charge in [0.15, 0.2) is 0 Å². The lowest BCUT2D eigenvalue weighted by Gasteiger charge is -2.24. The van der Waals surface area contributed by atoms with Gasteiger partial charge in [-0.15, -0.1) is 0 Å². The first kappa shape index (κ1) is 7.80. The van der Waals surface area contributed by atoms with Gasteiger partial charge in [0.2, 0.25) is 6.23 Å². The molecule has 2 aliphatic heterocycles. The monoisotopic (exact) mass is 185 g/mol. The standard InChI is InChI=1S/C12H11NO/c1-3-7-11-9(5-1)10-6-2-4-8-12(13-10)14-11/h1-2,4-6,8,12H,3,7H2. The summed E-state index contributed by atoms with van der Waals surface area (Å²) >= 11 is 0. The van der Waals surface area contributed by atoms with Gasteiger partial charge in [0.25, 0.3) is 0 Å². The summed E-state index contributed by atoms with van der Waals surface area (Å²) < 4.78 is 5.76. The van der Waals surface area contributed by atoms with E-state index in [1.165, 1.54) is 0 Å². The van der Waals surface area contributed by atoms with Gasteiger partial charge in [-0.1, -0.05) is 24.3 Å². The zero-order valence-electron chi connectivity index (χ0n) is 7.81. The summed E-state index contributed by atoms with van der Waals surface area (Å²) in [7, 11) is 0. The fourth-order valence-corrected chi connectivity index (χ4v) is 1.89. The van der Waals surface area contributed by atoms with Crippen molar-refractivity contribution in [2.24, 2.45) is 4.99 Å². The summed E-state index contributed by atoms with van der Waals surface area (Å²) in [5.41, 5.74) is 2.21. The van der Waals surface area contributed by atoms with E-state index >= 15 is 0 Å². The second kappa shape index (κ2) is 2.98. The molecule has 1 atom stereocenters. The highest BCUT2D eigenvalue weighted by atomic mass is 16.5. The van der Waals surface area contributed by atoms with Gasteiger partial charge >= 0.3 is 0 Å². The van der Waals surface area contributed by atoms with E-state index in [0.717, 1.165) is 29.9 Å². The quantitative estimate of drug-likeness (QED) is 0.568. The maximum atomic E-state index is 5.76. The van der Waals surface area contributed by atoms with Gasteiger partial charge in [0.1, 0.15) is 5.76 Å². The zero-order valence-corrected chi connectivity index (χ0v) is 7.81. The van der Waals surface area contributed by atoms with Crippen LogP contribution in [0.1, 0.15) is 12.8 Å². The molecule has 2 nitrogen and oxygen atoms in total. The van der Waals surface area contributed by atoms with E-state index in [4.69, 9.17) is 4.74 Å². The topological polar surface area (TPSA) is 21.6 Å². The summed E-state index contributed by atoms with van der Waals surface area (Å²) in [5, 5.41) is 0. The lowest BCUT2D eigenvalue weighted by molar-refractivity contribution is 0.148. The van der Waals surface area contributed by atoms with Crippen molar-refractivity contribution in [3.05, 3.63) is 47.8 Å². The van der Waals surface area contributed by atoms with E-state index < -0.39 is 0 Å². The molecule has 0 saturated heterocycles. The molecule has 0 aromatic carbocycles. The summed E-state index contributed by atoms with van der Waals surface area (Å²) in [5.74, 6) is 1.10. The van der Waals surface area contributed by atoms with Crippen LogP contribution in [0.5, 0.6) is 0 Å². The molecule has 0 amide bonds. The minimum Gasteiger partial charge on any atom is -0.469 e. The van der Waals surface area contributed by atoms with Crippen molar-refractivity contribution >= 4 is 5.71 Å². The first-order valence-corrected chi connectivity index (χ1v) is 4.93. The average molecular weight is 185 g/mol. The molecule has 0 N–H and O–H groups in total. The van der Waals surface area contributed by atoms with E-state index in [-0.39, 0.29) is 6.23 Å². The number of ether oxygens (including phenoxy) is 1. The first-order valence-electron chi connectivity index (χ1n) is 4.93. The van der Waals surface area contributed by atoms with Crippen molar-refractivity contribution in [2.75, 3.05) is 0 Å². The van der Waals surface area contributed by atoms with Crippen molar-refractivity contribution in [1.29, 1.82) is 0 Å². The van der Waals surface area contributed by atoms with Gasteiger partial charge in [0, 0.05) is 12.0 Å². The molecule has 70 valence electrons. The highest BCUT2D eigenvalue weighted by Gasteiger charge is 2.22. The summed E-state index contributed by atoms with van der Waals surface area (Å²) in [6.07, 6.45) is 14.3. The molecule has 3 rings (SSSR count). The molecular weight excluding hydrogens is 174 g/mol. The molecular formula is C12H11NO. The Bertz CT molecular complexity index is 410. The van der Waals surface area contributed by atoms with Gasteiger partial charge < -0.3 is 4.74 Å².